The fourth-order valence-electron chi connectivity index (χ4n) is 1.33. The summed E-state index contributed by atoms with van der Waals surface area (Å²) in [4.78, 5) is 12.8. The predicted molar refractivity (Wildman–Crippen MR) is 68.1 cm³/mol. The summed E-state index contributed by atoms with van der Waals surface area (Å²) in [5.74, 6) is -0.271. The lowest BCUT2D eigenvalue weighted by atomic mass is 10.0. The van der Waals surface area contributed by atoms with Crippen molar-refractivity contribution in [2.24, 2.45) is 0 Å². The van der Waals surface area contributed by atoms with Gasteiger partial charge in [0.15, 0.2) is 0 Å². The van der Waals surface area contributed by atoms with Crippen molar-refractivity contribution < 1.29 is 14.6 Å². The van der Waals surface area contributed by atoms with Gasteiger partial charge < -0.3 is 14.7 Å². The van der Waals surface area contributed by atoms with Crippen molar-refractivity contribution >= 4 is 23.3 Å². The summed E-state index contributed by atoms with van der Waals surface area (Å²) in [6.07, 6.45) is 0. The largest absolute Gasteiger partial charge is 0.497 e. The Kier molecular flexibility index (Phi) is 3.88. The van der Waals surface area contributed by atoms with Crippen LogP contribution in [0.25, 0.3) is 0 Å². The van der Waals surface area contributed by atoms with Gasteiger partial charge in [-0.05, 0) is 26.0 Å². The first-order chi connectivity index (χ1) is 7.80. The standard InChI is InChI=1S/C12H16ClNO3/c1-12(2,11(15)16)14(3)10-6-5-8(17-4)7-9(10)13/h5-7H,1-4H3,(H,15,16). The Morgan fingerprint density at radius 2 is 2.06 bits per heavy atom. The fourth-order valence-corrected chi connectivity index (χ4v) is 1.63. The quantitative estimate of drug-likeness (QED) is 0.901. The van der Waals surface area contributed by atoms with Crippen LogP contribution in [-0.2, 0) is 4.79 Å². The van der Waals surface area contributed by atoms with E-state index in [1.165, 1.54) is 0 Å². The molecular formula is C12H16ClNO3. The third-order valence-corrected chi connectivity index (χ3v) is 3.18. The van der Waals surface area contributed by atoms with E-state index in [-0.39, 0.29) is 0 Å². The molecule has 1 aromatic rings. The molecule has 0 amide bonds. The van der Waals surface area contributed by atoms with Crippen molar-refractivity contribution in [1.29, 1.82) is 0 Å². The number of likely N-dealkylation sites (N-methyl/N-ethyl adjacent to an activating group) is 1. The van der Waals surface area contributed by atoms with Crippen molar-refractivity contribution in [2.45, 2.75) is 19.4 Å². The lowest BCUT2D eigenvalue weighted by Gasteiger charge is -2.34. The number of carbonyl (C=O) groups is 1. The van der Waals surface area contributed by atoms with Crippen molar-refractivity contribution in [3.05, 3.63) is 23.2 Å². The number of carboxylic acid groups (broad SMARTS) is 1. The van der Waals surface area contributed by atoms with Crippen LogP contribution >= 0.6 is 11.6 Å². The average molecular weight is 258 g/mol. The van der Waals surface area contributed by atoms with Gasteiger partial charge in [-0.25, -0.2) is 4.79 Å². The van der Waals surface area contributed by atoms with E-state index in [0.717, 1.165) is 0 Å². The molecule has 0 saturated heterocycles. The minimum Gasteiger partial charge on any atom is -0.497 e. The van der Waals surface area contributed by atoms with E-state index in [2.05, 4.69) is 0 Å². The minimum absolute atomic E-state index is 0.459. The Balaban J connectivity index is 3.13. The Hall–Kier alpha value is -1.42. The molecule has 94 valence electrons. The maximum Gasteiger partial charge on any atom is 0.328 e. The molecule has 4 nitrogen and oxygen atoms in total. The highest BCUT2D eigenvalue weighted by Gasteiger charge is 2.33. The molecule has 0 unspecified atom stereocenters. The number of ether oxygens (including phenoxy) is 1. The molecule has 0 radical (unpaired) electrons. The smallest absolute Gasteiger partial charge is 0.328 e. The molecule has 5 heteroatoms. The second-order valence-electron chi connectivity index (χ2n) is 4.24. The molecule has 17 heavy (non-hydrogen) atoms. The number of methoxy groups -OCH3 is 1. The second-order valence-corrected chi connectivity index (χ2v) is 4.65. The number of carboxylic acids is 1. The molecule has 0 spiro atoms. The summed E-state index contributed by atoms with van der Waals surface area (Å²) >= 11 is 6.10. The van der Waals surface area contributed by atoms with Crippen molar-refractivity contribution in [3.8, 4) is 5.75 Å². The monoisotopic (exact) mass is 257 g/mol. The Morgan fingerprint density at radius 3 is 2.47 bits per heavy atom. The molecule has 0 fully saturated rings. The molecule has 0 heterocycles. The summed E-state index contributed by atoms with van der Waals surface area (Å²) in [6.45, 7) is 3.24. The lowest BCUT2D eigenvalue weighted by Crippen LogP contribution is -2.48. The maximum atomic E-state index is 11.2. The SMILES string of the molecule is COc1ccc(N(C)C(C)(C)C(=O)O)c(Cl)c1. The summed E-state index contributed by atoms with van der Waals surface area (Å²) in [5, 5.41) is 9.61. The van der Waals surface area contributed by atoms with Gasteiger partial charge in [-0.1, -0.05) is 11.6 Å². The van der Waals surface area contributed by atoms with Crippen LogP contribution in [0.3, 0.4) is 0 Å². The van der Waals surface area contributed by atoms with E-state index < -0.39 is 11.5 Å². The van der Waals surface area contributed by atoms with Crippen molar-refractivity contribution in [2.75, 3.05) is 19.1 Å². The van der Waals surface area contributed by atoms with Crippen LogP contribution < -0.4 is 9.64 Å². The zero-order valence-corrected chi connectivity index (χ0v) is 11.1. The number of hydrogen-bond donors (Lipinski definition) is 1. The van der Waals surface area contributed by atoms with Crippen LogP contribution in [0, 0.1) is 0 Å². The van der Waals surface area contributed by atoms with Crippen LogP contribution in [0.5, 0.6) is 5.75 Å². The molecule has 0 aliphatic heterocycles. The molecule has 0 aromatic heterocycles. The van der Waals surface area contributed by atoms with Gasteiger partial charge in [0.05, 0.1) is 17.8 Å². The normalized spacial score (nSPS) is 11.1. The number of benzene rings is 1. The first-order valence-corrected chi connectivity index (χ1v) is 5.49. The number of hydrogen-bond acceptors (Lipinski definition) is 3. The van der Waals surface area contributed by atoms with Gasteiger partial charge in [0.25, 0.3) is 0 Å². The zero-order valence-electron chi connectivity index (χ0n) is 10.3. The molecular weight excluding hydrogens is 242 g/mol. The molecule has 0 saturated carbocycles. The number of nitrogens with zero attached hydrogens (tertiary/aromatic N) is 1. The van der Waals surface area contributed by atoms with E-state index in [9.17, 15) is 4.79 Å². The van der Waals surface area contributed by atoms with E-state index >= 15 is 0 Å². The third kappa shape index (κ3) is 2.64. The highest BCUT2D eigenvalue weighted by molar-refractivity contribution is 6.33. The van der Waals surface area contributed by atoms with Crippen LogP contribution in [0.2, 0.25) is 5.02 Å². The number of aliphatic carboxylic acids is 1. The lowest BCUT2D eigenvalue weighted by molar-refractivity contribution is -0.142. The molecule has 1 aromatic carbocycles. The van der Waals surface area contributed by atoms with Gasteiger partial charge in [0.2, 0.25) is 0 Å². The molecule has 0 bridgehead atoms. The summed E-state index contributed by atoms with van der Waals surface area (Å²) in [5.41, 5.74) is -0.377. The van der Waals surface area contributed by atoms with Gasteiger partial charge in [-0.15, -0.1) is 0 Å². The van der Waals surface area contributed by atoms with Crippen LogP contribution in [-0.4, -0.2) is 30.8 Å². The van der Waals surface area contributed by atoms with Gasteiger partial charge in [-0.3, -0.25) is 0 Å². The van der Waals surface area contributed by atoms with E-state index in [0.29, 0.717) is 16.5 Å². The van der Waals surface area contributed by atoms with E-state index in [1.807, 2.05) is 0 Å². The molecule has 0 aliphatic carbocycles. The Morgan fingerprint density at radius 1 is 1.47 bits per heavy atom. The van der Waals surface area contributed by atoms with E-state index in [4.69, 9.17) is 21.4 Å². The van der Waals surface area contributed by atoms with Crippen LogP contribution in [0.1, 0.15) is 13.8 Å². The van der Waals surface area contributed by atoms with Crippen LogP contribution in [0.4, 0.5) is 5.69 Å². The number of rotatable bonds is 4. The number of halogens is 1. The first kappa shape index (κ1) is 13.6. The number of anilines is 1. The third-order valence-electron chi connectivity index (χ3n) is 2.88. The maximum absolute atomic E-state index is 11.2. The van der Waals surface area contributed by atoms with Gasteiger partial charge in [0.1, 0.15) is 11.3 Å². The van der Waals surface area contributed by atoms with Gasteiger partial charge in [0, 0.05) is 13.1 Å². The minimum atomic E-state index is -1.03. The Labute approximate surface area is 106 Å². The second kappa shape index (κ2) is 4.84. The summed E-state index contributed by atoms with van der Waals surface area (Å²) in [6, 6.07) is 5.15. The zero-order chi connectivity index (χ0) is 13.2. The highest BCUT2D eigenvalue weighted by atomic mass is 35.5. The van der Waals surface area contributed by atoms with Crippen molar-refractivity contribution in [3.63, 3.8) is 0 Å². The predicted octanol–water partition coefficient (Wildman–Crippen LogP) is 2.65. The van der Waals surface area contributed by atoms with E-state index in [1.54, 1.807) is 51.1 Å². The molecule has 0 aliphatic rings. The molecule has 0 atom stereocenters. The van der Waals surface area contributed by atoms with Gasteiger partial charge >= 0.3 is 5.97 Å². The summed E-state index contributed by atoms with van der Waals surface area (Å²) in [7, 11) is 3.25. The van der Waals surface area contributed by atoms with Gasteiger partial charge in [-0.2, -0.15) is 0 Å². The van der Waals surface area contributed by atoms with Crippen LogP contribution in [0.15, 0.2) is 18.2 Å². The Bertz CT molecular complexity index is 432. The first-order valence-electron chi connectivity index (χ1n) is 5.11. The topological polar surface area (TPSA) is 49.8 Å². The summed E-state index contributed by atoms with van der Waals surface area (Å²) < 4.78 is 5.04. The fraction of sp³-hybridized carbons (Fsp3) is 0.417. The van der Waals surface area contributed by atoms with Crippen molar-refractivity contribution in [1.82, 2.24) is 0 Å². The molecule has 1 rings (SSSR count). The molecule has 1 N–H and O–H groups in total. The average Bonchev–Trinajstić information content (AvgIpc) is 2.27. The highest BCUT2D eigenvalue weighted by Crippen LogP contribution is 2.32.